The Bertz CT molecular complexity index is 505. The average Bonchev–Trinajstić information content (AvgIpc) is 2.86. The van der Waals surface area contributed by atoms with Crippen molar-refractivity contribution in [1.82, 2.24) is 14.9 Å². The van der Waals surface area contributed by atoms with E-state index in [2.05, 4.69) is 47.8 Å². The highest BCUT2D eigenvalue weighted by Gasteiger charge is 2.09. The van der Waals surface area contributed by atoms with Crippen LogP contribution in [-0.4, -0.2) is 15.1 Å². The molecule has 3 nitrogen and oxygen atoms in total. The van der Waals surface area contributed by atoms with Crippen molar-refractivity contribution in [1.29, 1.82) is 0 Å². The number of imidazole rings is 1. The molecule has 0 unspecified atom stereocenters. The maximum atomic E-state index is 4.24. The third-order valence-electron chi connectivity index (χ3n) is 2.76. The molecule has 0 bridgehead atoms. The van der Waals surface area contributed by atoms with E-state index in [1.54, 1.807) is 0 Å². The number of aromatic nitrogens is 2. The molecule has 98 valence electrons. The molecule has 18 heavy (non-hydrogen) atoms. The first-order valence-corrected chi connectivity index (χ1v) is 7.06. The van der Waals surface area contributed by atoms with Crippen molar-refractivity contribution in [2.75, 3.05) is 0 Å². The standard InChI is InChI=1S/C14H21N3S/c1-11-15-7-8-17(11)10-13-6-5-12(18-13)9-16-14(2,3)4/h5-8,16H,9-10H2,1-4H3. The molecule has 1 N–H and O–H groups in total. The van der Waals surface area contributed by atoms with Gasteiger partial charge in [-0.25, -0.2) is 4.98 Å². The molecular formula is C14H21N3S. The molecule has 0 atom stereocenters. The third kappa shape index (κ3) is 3.68. The SMILES string of the molecule is Cc1nccn1Cc1ccc(CNC(C)(C)C)s1. The Morgan fingerprint density at radius 3 is 2.61 bits per heavy atom. The third-order valence-corrected chi connectivity index (χ3v) is 3.83. The van der Waals surface area contributed by atoms with Gasteiger partial charge in [0.1, 0.15) is 5.82 Å². The summed E-state index contributed by atoms with van der Waals surface area (Å²) in [6.07, 6.45) is 3.88. The van der Waals surface area contributed by atoms with Crippen LogP contribution in [0.1, 0.15) is 36.3 Å². The number of nitrogens with zero attached hydrogens (tertiary/aromatic N) is 2. The molecule has 0 radical (unpaired) electrons. The zero-order valence-electron chi connectivity index (χ0n) is 11.5. The first-order chi connectivity index (χ1) is 8.44. The molecule has 4 heteroatoms. The van der Waals surface area contributed by atoms with Crippen molar-refractivity contribution in [3.05, 3.63) is 40.1 Å². The summed E-state index contributed by atoms with van der Waals surface area (Å²) in [6, 6.07) is 4.43. The van der Waals surface area contributed by atoms with Crippen LogP contribution >= 0.6 is 11.3 Å². The maximum Gasteiger partial charge on any atom is 0.105 e. The lowest BCUT2D eigenvalue weighted by Crippen LogP contribution is -2.34. The van der Waals surface area contributed by atoms with Gasteiger partial charge in [-0.15, -0.1) is 11.3 Å². The molecule has 2 rings (SSSR count). The minimum Gasteiger partial charge on any atom is -0.330 e. The van der Waals surface area contributed by atoms with E-state index in [0.717, 1.165) is 18.9 Å². The number of thiophene rings is 1. The van der Waals surface area contributed by atoms with Crippen LogP contribution in [0.2, 0.25) is 0 Å². The summed E-state index contributed by atoms with van der Waals surface area (Å²) in [5.41, 5.74) is 0.172. The van der Waals surface area contributed by atoms with Crippen molar-refractivity contribution in [2.45, 2.75) is 46.3 Å². The number of rotatable bonds is 4. The van der Waals surface area contributed by atoms with E-state index >= 15 is 0 Å². The van der Waals surface area contributed by atoms with Crippen molar-refractivity contribution in [3.63, 3.8) is 0 Å². The lowest BCUT2D eigenvalue weighted by molar-refractivity contribution is 0.426. The van der Waals surface area contributed by atoms with E-state index in [1.807, 2.05) is 30.7 Å². The van der Waals surface area contributed by atoms with Gasteiger partial charge < -0.3 is 9.88 Å². The average molecular weight is 263 g/mol. The van der Waals surface area contributed by atoms with Gasteiger partial charge in [0, 0.05) is 34.2 Å². The Balaban J connectivity index is 1.96. The topological polar surface area (TPSA) is 29.9 Å². The van der Waals surface area contributed by atoms with Crippen LogP contribution in [0.3, 0.4) is 0 Å². The van der Waals surface area contributed by atoms with Crippen LogP contribution < -0.4 is 5.32 Å². The zero-order valence-corrected chi connectivity index (χ0v) is 12.3. The molecule has 0 aromatic carbocycles. The van der Waals surface area contributed by atoms with Gasteiger partial charge >= 0.3 is 0 Å². The molecule has 0 saturated carbocycles. The monoisotopic (exact) mass is 263 g/mol. The van der Waals surface area contributed by atoms with Gasteiger partial charge in [0.2, 0.25) is 0 Å². The van der Waals surface area contributed by atoms with E-state index < -0.39 is 0 Å². The van der Waals surface area contributed by atoms with Crippen LogP contribution in [0.15, 0.2) is 24.5 Å². The molecule has 2 aromatic rings. The molecule has 2 heterocycles. The predicted octanol–water partition coefficient (Wildman–Crippen LogP) is 3.19. The summed E-state index contributed by atoms with van der Waals surface area (Å²) in [5.74, 6) is 1.07. The number of hydrogen-bond acceptors (Lipinski definition) is 3. The van der Waals surface area contributed by atoms with Gasteiger partial charge in [-0.2, -0.15) is 0 Å². The largest absolute Gasteiger partial charge is 0.330 e. The van der Waals surface area contributed by atoms with Crippen molar-refractivity contribution < 1.29 is 0 Å². The lowest BCUT2D eigenvalue weighted by atomic mass is 10.1. The summed E-state index contributed by atoms with van der Waals surface area (Å²) in [5, 5.41) is 3.51. The summed E-state index contributed by atoms with van der Waals surface area (Å²) < 4.78 is 2.17. The fourth-order valence-electron chi connectivity index (χ4n) is 1.69. The maximum absolute atomic E-state index is 4.24. The van der Waals surface area contributed by atoms with Crippen molar-refractivity contribution in [3.8, 4) is 0 Å². The number of nitrogens with one attached hydrogen (secondary N) is 1. The first kappa shape index (κ1) is 13.3. The summed E-state index contributed by atoms with van der Waals surface area (Å²) >= 11 is 1.87. The molecular weight excluding hydrogens is 242 g/mol. The highest BCUT2D eigenvalue weighted by molar-refractivity contribution is 7.11. The second kappa shape index (κ2) is 5.24. The highest BCUT2D eigenvalue weighted by atomic mass is 32.1. The van der Waals surface area contributed by atoms with Crippen LogP contribution in [0.25, 0.3) is 0 Å². The van der Waals surface area contributed by atoms with Crippen LogP contribution in [0.5, 0.6) is 0 Å². The molecule has 0 aliphatic carbocycles. The molecule has 0 amide bonds. The van der Waals surface area contributed by atoms with Gasteiger partial charge in [0.15, 0.2) is 0 Å². The summed E-state index contributed by atoms with van der Waals surface area (Å²) in [7, 11) is 0. The fourth-order valence-corrected chi connectivity index (χ4v) is 2.65. The van der Waals surface area contributed by atoms with Crippen LogP contribution in [-0.2, 0) is 13.1 Å². The van der Waals surface area contributed by atoms with Gasteiger partial charge in [0.25, 0.3) is 0 Å². The molecule has 0 aliphatic rings. The fraction of sp³-hybridized carbons (Fsp3) is 0.500. The minimum atomic E-state index is 0.172. The summed E-state index contributed by atoms with van der Waals surface area (Å²) in [4.78, 5) is 7.01. The Kier molecular flexibility index (Phi) is 3.88. The lowest BCUT2D eigenvalue weighted by Gasteiger charge is -2.19. The quantitative estimate of drug-likeness (QED) is 0.918. The molecule has 0 spiro atoms. The van der Waals surface area contributed by atoms with E-state index in [1.165, 1.54) is 9.75 Å². The Hall–Kier alpha value is -1.13. The van der Waals surface area contributed by atoms with Gasteiger partial charge in [0.05, 0.1) is 6.54 Å². The molecule has 0 saturated heterocycles. The van der Waals surface area contributed by atoms with Gasteiger partial charge in [-0.3, -0.25) is 0 Å². The van der Waals surface area contributed by atoms with E-state index in [4.69, 9.17) is 0 Å². The van der Waals surface area contributed by atoms with E-state index in [-0.39, 0.29) is 5.54 Å². The van der Waals surface area contributed by atoms with Crippen molar-refractivity contribution in [2.24, 2.45) is 0 Å². The minimum absolute atomic E-state index is 0.172. The smallest absolute Gasteiger partial charge is 0.105 e. The zero-order chi connectivity index (χ0) is 13.2. The summed E-state index contributed by atoms with van der Waals surface area (Å²) in [6.45, 7) is 10.5. The Morgan fingerprint density at radius 1 is 1.28 bits per heavy atom. The van der Waals surface area contributed by atoms with Crippen LogP contribution in [0, 0.1) is 6.92 Å². The Morgan fingerprint density at radius 2 is 2.00 bits per heavy atom. The number of hydrogen-bond donors (Lipinski definition) is 1. The second-order valence-corrected chi connectivity index (χ2v) is 6.83. The first-order valence-electron chi connectivity index (χ1n) is 6.24. The number of aryl methyl sites for hydroxylation is 1. The molecule has 2 aromatic heterocycles. The second-order valence-electron chi connectivity index (χ2n) is 5.57. The molecule has 0 fully saturated rings. The normalized spacial score (nSPS) is 12.0. The van der Waals surface area contributed by atoms with E-state index in [9.17, 15) is 0 Å². The van der Waals surface area contributed by atoms with Crippen molar-refractivity contribution >= 4 is 11.3 Å². The van der Waals surface area contributed by atoms with Gasteiger partial charge in [-0.05, 0) is 39.8 Å². The van der Waals surface area contributed by atoms with Crippen LogP contribution in [0.4, 0.5) is 0 Å². The highest BCUT2D eigenvalue weighted by Crippen LogP contribution is 2.18. The predicted molar refractivity (Wildman–Crippen MR) is 77.0 cm³/mol. The molecule has 0 aliphatic heterocycles. The van der Waals surface area contributed by atoms with Gasteiger partial charge in [-0.1, -0.05) is 0 Å². The Labute approximate surface area is 113 Å². The van der Waals surface area contributed by atoms with E-state index in [0.29, 0.717) is 0 Å².